The average Bonchev–Trinajstić information content (AvgIpc) is 2.72. The Bertz CT molecular complexity index is 661. The largest absolute Gasteiger partial charge is 0.255 e. The molecule has 0 aliphatic heterocycles. The normalized spacial score (nSPS) is 8.24. The molecule has 160 valence electrons. The molecule has 0 fully saturated rings. The van der Waals surface area contributed by atoms with Crippen molar-refractivity contribution in [1.82, 2.24) is 9.97 Å². The molecule has 0 saturated heterocycles. The van der Waals surface area contributed by atoms with Gasteiger partial charge in [-0.3, -0.25) is 9.97 Å². The molecule has 3 aromatic rings. The maximum atomic E-state index is 9.75. The first kappa shape index (κ1) is 31.9. The van der Waals surface area contributed by atoms with Gasteiger partial charge in [-0.1, -0.05) is 12.1 Å². The predicted octanol–water partition coefficient (Wildman–Crippen LogP) is 6.79. The smallest absolute Gasteiger partial charge is 0.0886 e. The summed E-state index contributed by atoms with van der Waals surface area (Å²) < 4.78 is 39.0. The summed E-state index contributed by atoms with van der Waals surface area (Å²) in [6.45, 7) is 1.43. The predicted molar refractivity (Wildman–Crippen MR) is 115 cm³/mol. The first-order valence-electron chi connectivity index (χ1n) is 7.42. The number of halogens is 5. The zero-order valence-electron chi connectivity index (χ0n) is 15.6. The summed E-state index contributed by atoms with van der Waals surface area (Å²) in [5, 5.41) is 7.32. The zero-order valence-corrected chi connectivity index (χ0v) is 20.1. The summed E-state index contributed by atoms with van der Waals surface area (Å²) in [6.07, 6.45) is 3.54. The molecular weight excluding hydrogens is 679 g/mol. The molecule has 10 heteroatoms. The number of nitrogens with zero attached hydrogens (tertiary/aromatic N) is 3. The Morgan fingerprint density at radius 1 is 0.862 bits per heavy atom. The Labute approximate surface area is 191 Å². The van der Waals surface area contributed by atoms with Crippen molar-refractivity contribution < 1.29 is 33.4 Å². The van der Waals surface area contributed by atoms with Crippen LogP contribution in [0.15, 0.2) is 79.1 Å². The SMILES string of the molecule is CC#N.F[B-](F)(F)F.[CH3-].[I][Pt+].[c-]1ccccc1.c1ccc(-c2ccccn2)nc1. The molecule has 0 N–H and O–H groups in total. The van der Waals surface area contributed by atoms with Gasteiger partial charge in [0.2, 0.25) is 0 Å². The van der Waals surface area contributed by atoms with Crippen LogP contribution in [0, 0.1) is 24.8 Å². The molecule has 0 spiro atoms. The van der Waals surface area contributed by atoms with Crippen molar-refractivity contribution in [3.05, 3.63) is 92.6 Å². The maximum absolute atomic E-state index is 9.75. The number of benzene rings is 1. The van der Waals surface area contributed by atoms with Crippen molar-refractivity contribution in [2.45, 2.75) is 6.92 Å². The van der Waals surface area contributed by atoms with Crippen molar-refractivity contribution in [1.29, 1.82) is 5.26 Å². The van der Waals surface area contributed by atoms with Crippen LogP contribution in [0.2, 0.25) is 0 Å². The van der Waals surface area contributed by atoms with E-state index in [1.165, 1.54) is 6.92 Å². The van der Waals surface area contributed by atoms with Gasteiger partial charge in [-0.15, -0.1) is 0 Å². The van der Waals surface area contributed by atoms with Gasteiger partial charge in [0.1, 0.15) is 0 Å². The van der Waals surface area contributed by atoms with Crippen LogP contribution in [0.5, 0.6) is 0 Å². The van der Waals surface area contributed by atoms with Crippen LogP contribution in [0.25, 0.3) is 11.4 Å². The summed E-state index contributed by atoms with van der Waals surface area (Å²) in [4.78, 5) is 8.37. The van der Waals surface area contributed by atoms with E-state index in [-0.39, 0.29) is 7.43 Å². The Morgan fingerprint density at radius 3 is 1.38 bits per heavy atom. The number of hydrogen-bond donors (Lipinski definition) is 0. The second-order valence-corrected chi connectivity index (χ2v) is 4.23. The van der Waals surface area contributed by atoms with E-state index in [0.717, 1.165) is 11.4 Å². The number of aromatic nitrogens is 2. The molecule has 3 nitrogen and oxygen atoms in total. The minimum atomic E-state index is -6.00. The number of pyridine rings is 2. The third-order valence-corrected chi connectivity index (χ3v) is 2.20. The van der Waals surface area contributed by atoms with E-state index in [9.17, 15) is 17.3 Å². The van der Waals surface area contributed by atoms with Crippen LogP contribution in [0.3, 0.4) is 0 Å². The van der Waals surface area contributed by atoms with E-state index in [2.05, 4.69) is 51.5 Å². The fraction of sp³-hybridized carbons (Fsp3) is 0.0526. The van der Waals surface area contributed by atoms with Gasteiger partial charge < -0.3 is 24.7 Å². The Balaban J connectivity index is -0.000000340. The summed E-state index contributed by atoms with van der Waals surface area (Å²) in [5.41, 5.74) is 1.83. The summed E-state index contributed by atoms with van der Waals surface area (Å²) in [7, 11) is -6.00. The van der Waals surface area contributed by atoms with Gasteiger partial charge >= 0.3 is 42.7 Å². The van der Waals surface area contributed by atoms with Gasteiger partial charge in [0.25, 0.3) is 0 Å². The quantitative estimate of drug-likeness (QED) is 0.122. The van der Waals surface area contributed by atoms with Gasteiger partial charge in [0, 0.05) is 19.3 Å². The van der Waals surface area contributed by atoms with E-state index >= 15 is 0 Å². The third kappa shape index (κ3) is 26.2. The molecular formula is C19H19BF4IN3Pt-2. The molecule has 0 aliphatic rings. The first-order chi connectivity index (χ1) is 13.4. The number of nitriles is 1. The molecule has 1 aromatic carbocycles. The van der Waals surface area contributed by atoms with E-state index < -0.39 is 7.25 Å². The maximum Gasteiger partial charge on any atom is 0.0886 e. The van der Waals surface area contributed by atoms with E-state index in [1.807, 2.05) is 66.7 Å². The molecule has 0 atom stereocenters. The zero-order chi connectivity index (χ0) is 21.7. The van der Waals surface area contributed by atoms with Crippen molar-refractivity contribution in [2.24, 2.45) is 0 Å². The number of hydrogen-bond acceptors (Lipinski definition) is 3. The Kier molecular flexibility index (Phi) is 24.7. The van der Waals surface area contributed by atoms with Crippen molar-refractivity contribution in [3.8, 4) is 17.5 Å². The third-order valence-electron chi connectivity index (χ3n) is 2.20. The van der Waals surface area contributed by atoms with Crippen LogP contribution in [-0.2, 0) is 16.1 Å². The molecule has 0 bridgehead atoms. The average molecular weight is 698 g/mol. The standard InChI is InChI=1S/C10H8N2.C6H5.C2H3N.CH3.BF4.HI.Pt/c1-3-7-11-9(5-1)10-6-2-4-8-12-10;1-2-4-6-5-3-1;1-2-3;;2-1(3,4)5;;/h1-8H;1-5H;1H3;1H3;;1H;/q;-1;;2*-1;;+2/p-1. The van der Waals surface area contributed by atoms with Crippen LogP contribution in [0.1, 0.15) is 6.92 Å². The van der Waals surface area contributed by atoms with E-state index in [1.54, 1.807) is 18.5 Å². The van der Waals surface area contributed by atoms with E-state index in [4.69, 9.17) is 5.26 Å². The fourth-order valence-corrected chi connectivity index (χ4v) is 1.37. The molecule has 29 heavy (non-hydrogen) atoms. The van der Waals surface area contributed by atoms with Crippen LogP contribution < -0.4 is 0 Å². The topological polar surface area (TPSA) is 49.6 Å². The molecule has 0 amide bonds. The molecule has 0 saturated carbocycles. The van der Waals surface area contributed by atoms with Gasteiger partial charge in [0.15, 0.2) is 0 Å². The van der Waals surface area contributed by atoms with Crippen molar-refractivity contribution >= 4 is 26.6 Å². The summed E-state index contributed by atoms with van der Waals surface area (Å²) in [5.74, 6) is 0. The molecule has 0 aliphatic carbocycles. The second kappa shape index (κ2) is 22.5. The van der Waals surface area contributed by atoms with Crippen LogP contribution >= 0.6 is 19.4 Å². The first-order valence-corrected chi connectivity index (χ1v) is 13.9. The fourth-order valence-electron chi connectivity index (χ4n) is 1.37. The molecule has 0 unspecified atom stereocenters. The minimum absolute atomic E-state index is 0. The molecule has 3 rings (SSSR count). The molecule has 2 heterocycles. The monoisotopic (exact) mass is 698 g/mol. The van der Waals surface area contributed by atoms with Crippen molar-refractivity contribution in [2.75, 3.05) is 0 Å². The van der Waals surface area contributed by atoms with Gasteiger partial charge in [-0.2, -0.15) is 41.7 Å². The minimum Gasteiger partial charge on any atom is -0.255 e. The Morgan fingerprint density at radius 2 is 1.21 bits per heavy atom. The summed E-state index contributed by atoms with van der Waals surface area (Å²) >= 11 is 4.23. The van der Waals surface area contributed by atoms with Crippen molar-refractivity contribution in [3.63, 3.8) is 0 Å². The summed E-state index contributed by atoms with van der Waals surface area (Å²) in [6, 6.07) is 25.8. The Hall–Kier alpha value is -1.79. The van der Waals surface area contributed by atoms with Gasteiger partial charge in [-0.05, 0) is 24.3 Å². The number of rotatable bonds is 1. The second-order valence-electron chi connectivity index (χ2n) is 4.23. The molecule has 2 aromatic heterocycles. The molecule has 0 radical (unpaired) electrons. The van der Waals surface area contributed by atoms with Crippen LogP contribution in [-0.4, -0.2) is 17.2 Å². The van der Waals surface area contributed by atoms with Gasteiger partial charge in [0.05, 0.1) is 17.5 Å². The van der Waals surface area contributed by atoms with Crippen LogP contribution in [0.4, 0.5) is 17.3 Å². The van der Waals surface area contributed by atoms with Gasteiger partial charge in [-0.25, -0.2) is 0 Å². The van der Waals surface area contributed by atoms with E-state index in [0.29, 0.717) is 0 Å².